The molecule has 4 nitrogen and oxygen atoms in total. The van der Waals surface area contributed by atoms with Crippen LogP contribution in [0.3, 0.4) is 0 Å². The summed E-state index contributed by atoms with van der Waals surface area (Å²) in [6.07, 6.45) is 3.43. The van der Waals surface area contributed by atoms with Gasteiger partial charge in [0, 0.05) is 12.0 Å². The molecule has 1 fully saturated rings. The van der Waals surface area contributed by atoms with Crippen LogP contribution in [0.4, 0.5) is 0 Å². The SMILES string of the molecule is CC1CCC(n2c(C(C)C)nc3cccc(C(=O)O)c32)C1. The number of hydrogen-bond acceptors (Lipinski definition) is 2. The van der Waals surface area contributed by atoms with Crippen molar-refractivity contribution in [3.63, 3.8) is 0 Å². The van der Waals surface area contributed by atoms with Gasteiger partial charge in [-0.05, 0) is 37.3 Å². The third-order valence-corrected chi connectivity index (χ3v) is 4.52. The average molecular weight is 286 g/mol. The van der Waals surface area contributed by atoms with E-state index in [-0.39, 0.29) is 5.92 Å². The predicted molar refractivity (Wildman–Crippen MR) is 82.8 cm³/mol. The number of aromatic carboxylic acids is 1. The number of rotatable bonds is 3. The lowest BCUT2D eigenvalue weighted by atomic mass is 10.1. The maximum atomic E-state index is 11.6. The van der Waals surface area contributed by atoms with Crippen LogP contribution < -0.4 is 0 Å². The number of nitrogens with zero attached hydrogens (tertiary/aromatic N) is 2. The minimum absolute atomic E-state index is 0.287. The van der Waals surface area contributed by atoms with E-state index in [2.05, 4.69) is 25.3 Å². The Kier molecular flexibility index (Phi) is 3.47. The Morgan fingerprint density at radius 1 is 1.38 bits per heavy atom. The maximum Gasteiger partial charge on any atom is 0.337 e. The summed E-state index contributed by atoms with van der Waals surface area (Å²) in [6, 6.07) is 5.76. The Morgan fingerprint density at radius 2 is 2.14 bits per heavy atom. The van der Waals surface area contributed by atoms with Crippen molar-refractivity contribution in [2.75, 3.05) is 0 Å². The lowest BCUT2D eigenvalue weighted by molar-refractivity contribution is 0.0698. The number of benzene rings is 1. The highest BCUT2D eigenvalue weighted by Crippen LogP contribution is 2.39. The van der Waals surface area contributed by atoms with Crippen molar-refractivity contribution in [1.82, 2.24) is 9.55 Å². The van der Waals surface area contributed by atoms with Gasteiger partial charge in [0.2, 0.25) is 0 Å². The Balaban J connectivity index is 2.27. The quantitative estimate of drug-likeness (QED) is 0.919. The van der Waals surface area contributed by atoms with Gasteiger partial charge in [0.05, 0.1) is 16.6 Å². The molecule has 1 aliphatic carbocycles. The summed E-state index contributed by atoms with van der Waals surface area (Å²) in [5.41, 5.74) is 1.97. The maximum absolute atomic E-state index is 11.6. The van der Waals surface area contributed by atoms with E-state index in [0.29, 0.717) is 17.5 Å². The summed E-state index contributed by atoms with van der Waals surface area (Å²) in [6.45, 7) is 6.51. The van der Waals surface area contributed by atoms with E-state index in [9.17, 15) is 9.90 Å². The fourth-order valence-corrected chi connectivity index (χ4v) is 3.53. The molecule has 3 rings (SSSR count). The van der Waals surface area contributed by atoms with Crippen LogP contribution in [-0.4, -0.2) is 20.6 Å². The molecule has 21 heavy (non-hydrogen) atoms. The molecule has 1 saturated carbocycles. The normalized spacial score (nSPS) is 22.3. The fourth-order valence-electron chi connectivity index (χ4n) is 3.53. The second-order valence-corrected chi connectivity index (χ2v) is 6.55. The van der Waals surface area contributed by atoms with E-state index in [1.807, 2.05) is 6.07 Å². The highest BCUT2D eigenvalue weighted by atomic mass is 16.4. The average Bonchev–Trinajstić information content (AvgIpc) is 3.01. The van der Waals surface area contributed by atoms with Gasteiger partial charge in [-0.3, -0.25) is 0 Å². The first-order valence-electron chi connectivity index (χ1n) is 7.73. The van der Waals surface area contributed by atoms with E-state index < -0.39 is 5.97 Å². The number of carboxylic acids is 1. The summed E-state index contributed by atoms with van der Waals surface area (Å²) in [5, 5.41) is 9.51. The van der Waals surface area contributed by atoms with Crippen molar-refractivity contribution in [1.29, 1.82) is 0 Å². The number of carboxylic acid groups (broad SMARTS) is 1. The molecule has 1 heterocycles. The monoisotopic (exact) mass is 286 g/mol. The van der Waals surface area contributed by atoms with Crippen LogP contribution in [0.15, 0.2) is 18.2 Å². The fraction of sp³-hybridized carbons (Fsp3) is 0.529. The minimum atomic E-state index is -0.872. The van der Waals surface area contributed by atoms with Gasteiger partial charge in [-0.25, -0.2) is 9.78 Å². The summed E-state index contributed by atoms with van der Waals surface area (Å²) >= 11 is 0. The summed E-state index contributed by atoms with van der Waals surface area (Å²) in [4.78, 5) is 16.3. The van der Waals surface area contributed by atoms with E-state index in [4.69, 9.17) is 4.98 Å². The van der Waals surface area contributed by atoms with E-state index in [1.54, 1.807) is 12.1 Å². The predicted octanol–water partition coefficient (Wildman–Crippen LogP) is 4.22. The van der Waals surface area contributed by atoms with Gasteiger partial charge in [0.25, 0.3) is 0 Å². The van der Waals surface area contributed by atoms with Crippen LogP contribution in [0.2, 0.25) is 0 Å². The lowest BCUT2D eigenvalue weighted by Crippen LogP contribution is -2.13. The Hall–Kier alpha value is -1.84. The number of imidazole rings is 1. The Labute approximate surface area is 124 Å². The Bertz CT molecular complexity index is 687. The van der Waals surface area contributed by atoms with Crippen LogP contribution in [0.1, 0.15) is 68.2 Å². The number of aromatic nitrogens is 2. The van der Waals surface area contributed by atoms with Gasteiger partial charge < -0.3 is 9.67 Å². The molecular weight excluding hydrogens is 264 g/mol. The largest absolute Gasteiger partial charge is 0.478 e. The molecule has 1 aliphatic rings. The van der Waals surface area contributed by atoms with Gasteiger partial charge in [-0.2, -0.15) is 0 Å². The third kappa shape index (κ3) is 2.33. The van der Waals surface area contributed by atoms with Crippen LogP contribution in [-0.2, 0) is 0 Å². The molecule has 4 heteroatoms. The second kappa shape index (κ2) is 5.17. The van der Waals surface area contributed by atoms with Gasteiger partial charge in [-0.15, -0.1) is 0 Å². The van der Waals surface area contributed by atoms with E-state index in [1.165, 1.54) is 6.42 Å². The van der Waals surface area contributed by atoms with Gasteiger partial charge in [0.1, 0.15) is 5.82 Å². The van der Waals surface area contributed by atoms with Crippen molar-refractivity contribution in [3.05, 3.63) is 29.6 Å². The zero-order valence-electron chi connectivity index (χ0n) is 12.8. The zero-order valence-corrected chi connectivity index (χ0v) is 12.8. The lowest BCUT2D eigenvalue weighted by Gasteiger charge is -2.19. The molecule has 112 valence electrons. The molecule has 0 spiro atoms. The molecule has 0 aliphatic heterocycles. The standard InChI is InChI=1S/C17H22N2O2/c1-10(2)16-18-14-6-4-5-13(17(20)21)15(14)19(16)12-8-7-11(3)9-12/h4-6,10-12H,7-9H2,1-3H3,(H,20,21). The molecule has 0 saturated heterocycles. The van der Waals surface area contributed by atoms with Crippen molar-refractivity contribution >= 4 is 17.0 Å². The van der Waals surface area contributed by atoms with Crippen molar-refractivity contribution in [2.45, 2.75) is 52.0 Å². The van der Waals surface area contributed by atoms with Gasteiger partial charge in [0.15, 0.2) is 0 Å². The first-order chi connectivity index (χ1) is 9.99. The molecule has 0 bridgehead atoms. The number of hydrogen-bond donors (Lipinski definition) is 1. The molecule has 1 aromatic heterocycles. The first-order valence-corrected chi connectivity index (χ1v) is 7.73. The third-order valence-electron chi connectivity index (χ3n) is 4.52. The molecule has 2 aromatic rings. The molecule has 0 radical (unpaired) electrons. The minimum Gasteiger partial charge on any atom is -0.478 e. The molecule has 1 aromatic carbocycles. The molecule has 0 amide bonds. The molecule has 1 N–H and O–H groups in total. The molecule has 2 atom stereocenters. The zero-order chi connectivity index (χ0) is 15.1. The van der Waals surface area contributed by atoms with E-state index in [0.717, 1.165) is 29.7 Å². The second-order valence-electron chi connectivity index (χ2n) is 6.55. The van der Waals surface area contributed by atoms with Crippen molar-refractivity contribution in [2.24, 2.45) is 5.92 Å². The van der Waals surface area contributed by atoms with E-state index >= 15 is 0 Å². The smallest absolute Gasteiger partial charge is 0.337 e. The van der Waals surface area contributed by atoms with Gasteiger partial charge >= 0.3 is 5.97 Å². The number of carbonyl (C=O) groups is 1. The van der Waals surface area contributed by atoms with Gasteiger partial charge in [-0.1, -0.05) is 26.8 Å². The van der Waals surface area contributed by atoms with Crippen molar-refractivity contribution < 1.29 is 9.90 Å². The summed E-state index contributed by atoms with van der Waals surface area (Å²) < 4.78 is 2.22. The van der Waals surface area contributed by atoms with Crippen LogP contribution in [0, 0.1) is 5.92 Å². The van der Waals surface area contributed by atoms with Crippen LogP contribution >= 0.6 is 0 Å². The highest BCUT2D eigenvalue weighted by Gasteiger charge is 2.29. The molecular formula is C17H22N2O2. The van der Waals surface area contributed by atoms with Crippen molar-refractivity contribution in [3.8, 4) is 0 Å². The van der Waals surface area contributed by atoms with Crippen LogP contribution in [0.5, 0.6) is 0 Å². The first kappa shape index (κ1) is 14.1. The Morgan fingerprint density at radius 3 is 2.71 bits per heavy atom. The molecule has 2 unspecified atom stereocenters. The number of fused-ring (bicyclic) bond motifs is 1. The topological polar surface area (TPSA) is 55.1 Å². The highest BCUT2D eigenvalue weighted by molar-refractivity contribution is 6.01. The summed E-state index contributed by atoms with van der Waals surface area (Å²) in [5.74, 6) is 1.13. The number of para-hydroxylation sites is 1. The summed E-state index contributed by atoms with van der Waals surface area (Å²) in [7, 11) is 0. The van der Waals surface area contributed by atoms with Crippen LogP contribution in [0.25, 0.3) is 11.0 Å².